The second-order valence-corrected chi connectivity index (χ2v) is 11.4. The summed E-state index contributed by atoms with van der Waals surface area (Å²) in [4.78, 5) is 51.2. The van der Waals surface area contributed by atoms with Crippen LogP contribution in [0.15, 0.2) is 60.9 Å². The number of fused-ring (bicyclic) bond motifs is 2. The first-order valence-corrected chi connectivity index (χ1v) is 14.9. The van der Waals surface area contributed by atoms with Gasteiger partial charge in [-0.15, -0.1) is 0 Å². The average molecular weight is 569 g/mol. The number of benzene rings is 2. The number of anilines is 1. The number of amides is 1. The minimum atomic E-state index is -0.950. The van der Waals surface area contributed by atoms with Crippen LogP contribution in [0.3, 0.4) is 0 Å². The summed E-state index contributed by atoms with van der Waals surface area (Å²) in [7, 11) is 0. The summed E-state index contributed by atoms with van der Waals surface area (Å²) in [5.41, 5.74) is 4.23. The lowest BCUT2D eigenvalue weighted by Crippen LogP contribution is -2.52. The van der Waals surface area contributed by atoms with Gasteiger partial charge < -0.3 is 14.7 Å². The Morgan fingerprint density at radius 3 is 2.50 bits per heavy atom. The predicted molar refractivity (Wildman–Crippen MR) is 157 cm³/mol. The van der Waals surface area contributed by atoms with Crippen LogP contribution in [0.5, 0.6) is 6.01 Å². The fourth-order valence-corrected chi connectivity index (χ4v) is 6.74. The number of ketones is 1. The normalized spacial score (nSPS) is 21.1. The summed E-state index contributed by atoms with van der Waals surface area (Å²) in [5, 5.41) is 9.09. The third-order valence-electron chi connectivity index (χ3n) is 8.70. The summed E-state index contributed by atoms with van der Waals surface area (Å²) in [5.74, 6) is -0.834. The SMILES string of the molecule is CCOc1ncc(-c2cccc(C(=O)N3c4ccccc4C(N(CC(=O)CCC(=O)O)C4CC4)C4CCCC43)c2)cn1. The zero-order chi connectivity index (χ0) is 29.2. The predicted octanol–water partition coefficient (Wildman–Crippen LogP) is 5.31. The first-order chi connectivity index (χ1) is 20.4. The number of ether oxygens (including phenoxy) is 1. The number of hydrogen-bond donors (Lipinski definition) is 1. The zero-order valence-corrected chi connectivity index (χ0v) is 23.8. The molecule has 0 radical (unpaired) electrons. The molecule has 0 spiro atoms. The van der Waals surface area contributed by atoms with Crippen molar-refractivity contribution in [1.82, 2.24) is 14.9 Å². The van der Waals surface area contributed by atoms with Crippen molar-refractivity contribution in [3.63, 3.8) is 0 Å². The fraction of sp³-hybridized carbons (Fsp3) is 0.424. The molecule has 9 nitrogen and oxygen atoms in total. The van der Waals surface area contributed by atoms with Gasteiger partial charge in [-0.2, -0.15) is 0 Å². The van der Waals surface area contributed by atoms with Crippen LogP contribution in [0.2, 0.25) is 0 Å². The number of nitrogens with zero attached hydrogens (tertiary/aromatic N) is 4. The Bertz CT molecular complexity index is 1470. The lowest BCUT2D eigenvalue weighted by molar-refractivity contribution is -0.138. The van der Waals surface area contributed by atoms with E-state index < -0.39 is 5.97 Å². The quantitative estimate of drug-likeness (QED) is 0.331. The molecule has 3 aliphatic rings. The average Bonchev–Trinajstić information content (AvgIpc) is 3.74. The number of carbonyl (C=O) groups is 3. The molecule has 0 saturated heterocycles. The lowest BCUT2D eigenvalue weighted by Gasteiger charge is -2.47. The van der Waals surface area contributed by atoms with Gasteiger partial charge in [0.2, 0.25) is 0 Å². The molecule has 42 heavy (non-hydrogen) atoms. The van der Waals surface area contributed by atoms with Crippen LogP contribution in [-0.2, 0) is 9.59 Å². The Hall–Kier alpha value is -4.11. The van der Waals surface area contributed by atoms with Crippen molar-refractivity contribution in [2.45, 2.75) is 70.0 Å². The molecule has 2 heterocycles. The van der Waals surface area contributed by atoms with Crippen LogP contribution in [0, 0.1) is 5.92 Å². The van der Waals surface area contributed by atoms with E-state index >= 15 is 0 Å². The maximum atomic E-state index is 14.3. The molecule has 1 aliphatic heterocycles. The molecule has 2 fully saturated rings. The van der Waals surface area contributed by atoms with Crippen molar-refractivity contribution in [1.29, 1.82) is 0 Å². The van der Waals surface area contributed by atoms with Gasteiger partial charge in [0.1, 0.15) is 5.78 Å². The van der Waals surface area contributed by atoms with Gasteiger partial charge in [0.05, 0.1) is 19.6 Å². The highest BCUT2D eigenvalue weighted by molar-refractivity contribution is 6.08. The number of Topliss-reactive ketones (excluding diaryl/α,β-unsaturated/α-hetero) is 1. The zero-order valence-electron chi connectivity index (χ0n) is 23.8. The smallest absolute Gasteiger partial charge is 0.316 e. The summed E-state index contributed by atoms with van der Waals surface area (Å²) >= 11 is 0. The van der Waals surface area contributed by atoms with E-state index in [1.54, 1.807) is 12.4 Å². The molecule has 1 aromatic heterocycles. The first kappa shape index (κ1) is 28.0. The van der Waals surface area contributed by atoms with Gasteiger partial charge in [-0.1, -0.05) is 36.8 Å². The van der Waals surface area contributed by atoms with Crippen LogP contribution in [0.1, 0.15) is 73.8 Å². The Kier molecular flexibility index (Phi) is 8.02. The molecule has 1 N–H and O–H groups in total. The highest BCUT2D eigenvalue weighted by Gasteiger charge is 2.50. The monoisotopic (exact) mass is 568 g/mol. The Morgan fingerprint density at radius 2 is 1.76 bits per heavy atom. The highest BCUT2D eigenvalue weighted by Crippen LogP contribution is 2.52. The minimum absolute atomic E-state index is 0.0187. The molecule has 218 valence electrons. The topological polar surface area (TPSA) is 113 Å². The number of aliphatic carboxylic acids is 1. The highest BCUT2D eigenvalue weighted by atomic mass is 16.5. The van der Waals surface area contributed by atoms with Gasteiger partial charge in [0.25, 0.3) is 5.91 Å². The van der Waals surface area contributed by atoms with Crippen molar-refractivity contribution in [2.75, 3.05) is 18.1 Å². The van der Waals surface area contributed by atoms with Crippen molar-refractivity contribution in [3.8, 4) is 17.1 Å². The Morgan fingerprint density at radius 1 is 0.976 bits per heavy atom. The van der Waals surface area contributed by atoms with Crippen molar-refractivity contribution >= 4 is 23.3 Å². The molecule has 2 aliphatic carbocycles. The molecule has 6 rings (SSSR count). The molecule has 0 bridgehead atoms. The lowest BCUT2D eigenvalue weighted by atomic mass is 9.81. The van der Waals surface area contributed by atoms with Crippen LogP contribution in [-0.4, -0.2) is 62.9 Å². The van der Waals surface area contributed by atoms with Crippen LogP contribution < -0.4 is 9.64 Å². The van der Waals surface area contributed by atoms with Crippen LogP contribution >= 0.6 is 0 Å². The Balaban J connectivity index is 1.32. The van der Waals surface area contributed by atoms with E-state index in [4.69, 9.17) is 9.84 Å². The van der Waals surface area contributed by atoms with E-state index in [2.05, 4.69) is 20.9 Å². The van der Waals surface area contributed by atoms with Gasteiger partial charge >= 0.3 is 12.0 Å². The number of carbonyl (C=O) groups excluding carboxylic acids is 2. The van der Waals surface area contributed by atoms with Crippen molar-refractivity contribution in [2.24, 2.45) is 5.92 Å². The van der Waals surface area contributed by atoms with E-state index in [9.17, 15) is 14.4 Å². The maximum absolute atomic E-state index is 14.3. The van der Waals surface area contributed by atoms with E-state index in [1.807, 2.05) is 54.3 Å². The number of carboxylic acids is 1. The van der Waals surface area contributed by atoms with Crippen molar-refractivity contribution < 1.29 is 24.2 Å². The Labute approximate surface area is 245 Å². The van der Waals surface area contributed by atoms with Crippen LogP contribution in [0.25, 0.3) is 11.1 Å². The fourth-order valence-electron chi connectivity index (χ4n) is 6.74. The van der Waals surface area contributed by atoms with Gasteiger partial charge in [-0.25, -0.2) is 9.97 Å². The molecular formula is C33H36N4O5. The largest absolute Gasteiger partial charge is 0.481 e. The number of aromatic nitrogens is 2. The first-order valence-electron chi connectivity index (χ1n) is 14.9. The summed E-state index contributed by atoms with van der Waals surface area (Å²) < 4.78 is 5.37. The van der Waals surface area contributed by atoms with E-state index in [0.717, 1.165) is 54.5 Å². The molecule has 9 heteroatoms. The standard InChI is InChI=1S/C33H36N4O5/c1-2-42-33-34-18-23(19-35-33)21-7-5-8-22(17-21)32(41)37-28-11-4-3-9-26(28)31(27-10-6-12-29(27)37)36(24-13-14-24)20-25(38)15-16-30(39)40/h3-5,7-9,11,17-19,24,27,29,31H,2,6,10,12-16,20H2,1H3,(H,39,40). The van der Waals surface area contributed by atoms with Gasteiger partial charge in [-0.3, -0.25) is 19.3 Å². The molecule has 3 aromatic rings. The second-order valence-electron chi connectivity index (χ2n) is 11.4. The number of rotatable bonds is 11. The van der Waals surface area contributed by atoms with Gasteiger partial charge in [0, 0.05) is 53.8 Å². The number of para-hydroxylation sites is 1. The van der Waals surface area contributed by atoms with Gasteiger partial charge in [-0.05, 0) is 67.9 Å². The molecule has 2 aromatic carbocycles. The summed E-state index contributed by atoms with van der Waals surface area (Å²) in [6, 6.07) is 16.4. The maximum Gasteiger partial charge on any atom is 0.316 e. The second kappa shape index (κ2) is 12.0. The number of carboxylic acid groups (broad SMARTS) is 1. The van der Waals surface area contributed by atoms with E-state index in [0.29, 0.717) is 24.2 Å². The molecule has 3 atom stereocenters. The molecule has 3 unspecified atom stereocenters. The van der Waals surface area contributed by atoms with E-state index in [1.165, 1.54) is 0 Å². The summed E-state index contributed by atoms with van der Waals surface area (Å²) in [6.45, 7) is 2.62. The molecule has 1 amide bonds. The summed E-state index contributed by atoms with van der Waals surface area (Å²) in [6.07, 6.45) is 8.27. The van der Waals surface area contributed by atoms with E-state index in [-0.39, 0.29) is 49.1 Å². The molecular weight excluding hydrogens is 532 g/mol. The third-order valence-corrected chi connectivity index (χ3v) is 8.70. The van der Waals surface area contributed by atoms with Gasteiger partial charge in [0.15, 0.2) is 0 Å². The van der Waals surface area contributed by atoms with Crippen molar-refractivity contribution in [3.05, 3.63) is 72.1 Å². The third kappa shape index (κ3) is 5.66. The molecule has 2 saturated carbocycles. The minimum Gasteiger partial charge on any atom is -0.481 e. The number of hydrogen-bond acceptors (Lipinski definition) is 7. The van der Waals surface area contributed by atoms with Crippen LogP contribution in [0.4, 0.5) is 5.69 Å².